The number of carbonyl (C=O) groups is 2. The second-order valence-electron chi connectivity index (χ2n) is 7.09. The van der Waals surface area contributed by atoms with E-state index in [-0.39, 0.29) is 18.2 Å². The molecule has 1 heterocycles. The van der Waals surface area contributed by atoms with Gasteiger partial charge in [-0.15, -0.1) is 5.10 Å². The zero-order valence-electron chi connectivity index (χ0n) is 19.2. The molecule has 2 amide bonds. The van der Waals surface area contributed by atoms with Crippen LogP contribution < -0.4 is 24.8 Å². The molecule has 0 aliphatic carbocycles. The Morgan fingerprint density at radius 3 is 2.74 bits per heavy atom. The maximum Gasteiger partial charge on any atom is 0.240 e. The average Bonchev–Trinajstić information content (AvgIpc) is 3.17. The quantitative estimate of drug-likeness (QED) is 0.240. The monoisotopic (exact) mass is 560 g/mol. The van der Waals surface area contributed by atoms with Gasteiger partial charge in [-0.25, -0.2) is 0 Å². The summed E-state index contributed by atoms with van der Waals surface area (Å²) in [5.74, 6) is 1.25. The summed E-state index contributed by atoms with van der Waals surface area (Å²) in [6.45, 7) is 6.34. The molecule has 0 bridgehead atoms. The van der Waals surface area contributed by atoms with Crippen LogP contribution in [0.1, 0.15) is 18.9 Å². The third-order valence-electron chi connectivity index (χ3n) is 4.55. The second kappa shape index (κ2) is 13.0. The van der Waals surface area contributed by atoms with Gasteiger partial charge in [0.05, 0.1) is 24.4 Å². The number of methoxy groups -OCH3 is 1. The highest BCUT2D eigenvalue weighted by molar-refractivity contribution is 9.10. The molecule has 0 spiro atoms. The Hall–Kier alpha value is -3.31. The highest BCUT2D eigenvalue weighted by Crippen LogP contribution is 2.36. The Morgan fingerprint density at radius 2 is 2.06 bits per heavy atom. The van der Waals surface area contributed by atoms with E-state index in [1.54, 1.807) is 43.5 Å². The maximum atomic E-state index is 12.3. The first-order valence-corrected chi connectivity index (χ1v) is 12.3. The van der Waals surface area contributed by atoms with Crippen molar-refractivity contribution in [2.24, 2.45) is 10.2 Å². The molecule has 9 nitrogen and oxygen atoms in total. The first kappa shape index (κ1) is 26.3. The summed E-state index contributed by atoms with van der Waals surface area (Å²) in [5, 5.41) is 13.3. The van der Waals surface area contributed by atoms with E-state index in [0.717, 1.165) is 17.3 Å². The van der Waals surface area contributed by atoms with Crippen molar-refractivity contribution in [1.29, 1.82) is 0 Å². The van der Waals surface area contributed by atoms with E-state index in [1.165, 1.54) is 6.21 Å². The summed E-state index contributed by atoms with van der Waals surface area (Å²) in [6, 6.07) is 10.5. The Labute approximate surface area is 216 Å². The first-order valence-electron chi connectivity index (χ1n) is 10.7. The number of carbonyl (C=O) groups excluding carboxylic acids is 2. The molecule has 2 aromatic carbocycles. The minimum Gasteiger partial charge on any atom is -0.497 e. The number of amidine groups is 1. The number of halogens is 1. The van der Waals surface area contributed by atoms with E-state index in [2.05, 4.69) is 43.3 Å². The molecule has 184 valence electrons. The summed E-state index contributed by atoms with van der Waals surface area (Å²) < 4.78 is 17.1. The summed E-state index contributed by atoms with van der Waals surface area (Å²) in [7, 11) is 1.57. The number of anilines is 1. The van der Waals surface area contributed by atoms with Crippen LogP contribution in [0.25, 0.3) is 0 Å². The van der Waals surface area contributed by atoms with Gasteiger partial charge in [-0.3, -0.25) is 9.59 Å². The molecule has 1 aliphatic rings. The fraction of sp³-hybridized carbons (Fsp3) is 0.250. The number of benzene rings is 2. The topological polar surface area (TPSA) is 111 Å². The number of nitrogens with zero attached hydrogens (tertiary/aromatic N) is 2. The van der Waals surface area contributed by atoms with E-state index in [9.17, 15) is 9.59 Å². The fourth-order valence-corrected chi connectivity index (χ4v) is 4.50. The number of hydrogen-bond acceptors (Lipinski definition) is 8. The average molecular weight is 561 g/mol. The van der Waals surface area contributed by atoms with Crippen LogP contribution in [-0.2, 0) is 9.59 Å². The molecule has 3 rings (SSSR count). The second-order valence-corrected chi connectivity index (χ2v) is 9.13. The molecule has 1 unspecified atom stereocenters. The lowest BCUT2D eigenvalue weighted by atomic mass is 10.2. The number of thioether (sulfide) groups is 1. The molecule has 0 saturated carbocycles. The Morgan fingerprint density at radius 1 is 1.29 bits per heavy atom. The standard InChI is InChI=1S/C24H25BrN4O5S/c1-4-10-34-22-18(25)11-15(12-19(22)33-5-2)14-26-29-24-28-23(31)20(35-24)13-21(30)27-16-6-8-17(32-3)9-7-16/h4,6-9,11-12,14,20H,1,5,10,13H2,2-3H3,(H,27,30)(H,28,29,31). The van der Waals surface area contributed by atoms with Crippen molar-refractivity contribution in [3.63, 3.8) is 0 Å². The van der Waals surface area contributed by atoms with Crippen LogP contribution in [0.3, 0.4) is 0 Å². The van der Waals surface area contributed by atoms with E-state index in [0.29, 0.717) is 45.8 Å². The normalized spacial score (nSPS) is 16.3. The number of hydrogen-bond donors (Lipinski definition) is 2. The van der Waals surface area contributed by atoms with Crippen LogP contribution in [0.15, 0.2) is 63.7 Å². The Balaban J connectivity index is 1.60. The van der Waals surface area contributed by atoms with Crippen molar-refractivity contribution in [2.45, 2.75) is 18.6 Å². The molecule has 1 aliphatic heterocycles. The minimum atomic E-state index is -0.595. The molecule has 2 N–H and O–H groups in total. The molecule has 2 aromatic rings. The van der Waals surface area contributed by atoms with E-state index in [1.807, 2.05) is 13.0 Å². The van der Waals surface area contributed by atoms with Crippen LogP contribution in [-0.4, -0.2) is 48.8 Å². The smallest absolute Gasteiger partial charge is 0.240 e. The van der Waals surface area contributed by atoms with Gasteiger partial charge >= 0.3 is 0 Å². The van der Waals surface area contributed by atoms with Gasteiger partial charge < -0.3 is 24.8 Å². The van der Waals surface area contributed by atoms with E-state index >= 15 is 0 Å². The highest BCUT2D eigenvalue weighted by atomic mass is 79.9. The van der Waals surface area contributed by atoms with Crippen molar-refractivity contribution in [3.8, 4) is 17.2 Å². The molecule has 1 atom stereocenters. The molecule has 11 heteroatoms. The summed E-state index contributed by atoms with van der Waals surface area (Å²) in [6.07, 6.45) is 3.19. The summed E-state index contributed by atoms with van der Waals surface area (Å²) in [5.41, 5.74) is 1.34. The lowest BCUT2D eigenvalue weighted by Crippen LogP contribution is -2.28. The maximum absolute atomic E-state index is 12.3. The number of nitrogens with one attached hydrogen (secondary N) is 2. The van der Waals surface area contributed by atoms with Gasteiger partial charge in [0.2, 0.25) is 11.8 Å². The molecule has 1 saturated heterocycles. The van der Waals surface area contributed by atoms with Crippen molar-refractivity contribution < 1.29 is 23.8 Å². The Bertz CT molecular complexity index is 1140. The van der Waals surface area contributed by atoms with E-state index in [4.69, 9.17) is 14.2 Å². The van der Waals surface area contributed by atoms with Crippen LogP contribution in [0, 0.1) is 0 Å². The van der Waals surface area contributed by atoms with Crippen LogP contribution >= 0.6 is 27.7 Å². The number of rotatable bonds is 11. The van der Waals surface area contributed by atoms with Gasteiger partial charge in [0.15, 0.2) is 16.7 Å². The van der Waals surface area contributed by atoms with Crippen LogP contribution in [0.5, 0.6) is 17.2 Å². The molecule has 1 fully saturated rings. The van der Waals surface area contributed by atoms with Crippen molar-refractivity contribution in [3.05, 3.63) is 59.1 Å². The predicted octanol–water partition coefficient (Wildman–Crippen LogP) is 4.37. The number of ether oxygens (including phenoxy) is 3. The zero-order valence-corrected chi connectivity index (χ0v) is 21.6. The predicted molar refractivity (Wildman–Crippen MR) is 142 cm³/mol. The van der Waals surface area contributed by atoms with Gasteiger partial charge in [-0.1, -0.05) is 24.4 Å². The lowest BCUT2D eigenvalue weighted by Gasteiger charge is -2.13. The molecular formula is C24H25BrN4O5S. The largest absolute Gasteiger partial charge is 0.497 e. The summed E-state index contributed by atoms with van der Waals surface area (Å²) >= 11 is 4.64. The van der Waals surface area contributed by atoms with Gasteiger partial charge in [0.25, 0.3) is 0 Å². The first-order chi connectivity index (χ1) is 16.9. The van der Waals surface area contributed by atoms with Crippen molar-refractivity contribution in [1.82, 2.24) is 5.32 Å². The summed E-state index contributed by atoms with van der Waals surface area (Å²) in [4.78, 5) is 24.6. The van der Waals surface area contributed by atoms with Gasteiger partial charge in [-0.2, -0.15) is 5.10 Å². The lowest BCUT2D eigenvalue weighted by molar-refractivity contribution is -0.122. The third-order valence-corrected chi connectivity index (χ3v) is 6.21. The third kappa shape index (κ3) is 7.59. The van der Waals surface area contributed by atoms with Gasteiger partial charge in [0.1, 0.15) is 17.6 Å². The minimum absolute atomic E-state index is 0.00208. The van der Waals surface area contributed by atoms with Crippen molar-refractivity contribution in [2.75, 3.05) is 25.6 Å². The van der Waals surface area contributed by atoms with Crippen LogP contribution in [0.4, 0.5) is 5.69 Å². The number of amides is 2. The molecule has 35 heavy (non-hydrogen) atoms. The Kier molecular flexibility index (Phi) is 9.74. The van der Waals surface area contributed by atoms with Gasteiger partial charge in [0, 0.05) is 12.1 Å². The molecule has 0 radical (unpaired) electrons. The zero-order chi connectivity index (χ0) is 25.2. The van der Waals surface area contributed by atoms with Crippen molar-refractivity contribution >= 4 is 56.6 Å². The highest BCUT2D eigenvalue weighted by Gasteiger charge is 2.32. The van der Waals surface area contributed by atoms with Crippen LogP contribution in [0.2, 0.25) is 0 Å². The fourth-order valence-electron chi connectivity index (χ4n) is 3.00. The molecular weight excluding hydrogens is 536 g/mol. The molecule has 0 aromatic heterocycles. The SMILES string of the molecule is C=CCOc1c(Br)cc(C=N/N=C2/NC(=O)C(CC(=O)Nc3ccc(OC)cc3)S2)cc1OCC. The van der Waals surface area contributed by atoms with E-state index < -0.39 is 5.25 Å². The van der Waals surface area contributed by atoms with Gasteiger partial charge in [-0.05, 0) is 64.8 Å².